The number of hydrogen-bond donors (Lipinski definition) is 2. The summed E-state index contributed by atoms with van der Waals surface area (Å²) in [7, 11) is -3.61. The van der Waals surface area contributed by atoms with Crippen LogP contribution >= 0.6 is 0 Å². The molecule has 2 aromatic heterocycles. The molecule has 0 fully saturated rings. The minimum absolute atomic E-state index is 0.0621. The molecule has 0 atom stereocenters. The van der Waals surface area contributed by atoms with Gasteiger partial charge >= 0.3 is 6.08 Å². The summed E-state index contributed by atoms with van der Waals surface area (Å²) in [6, 6.07) is 4.08. The predicted molar refractivity (Wildman–Crippen MR) is 117 cm³/mol. The average molecular weight is 451 g/mol. The van der Waals surface area contributed by atoms with E-state index in [9.17, 15) is 12.8 Å². The molecular weight excluding hydrogens is 423 g/mol. The van der Waals surface area contributed by atoms with Gasteiger partial charge in [-0.15, -0.1) is 0 Å². The van der Waals surface area contributed by atoms with Crippen molar-refractivity contribution in [1.29, 1.82) is 0 Å². The molecule has 0 saturated carbocycles. The zero-order valence-electron chi connectivity index (χ0n) is 17.9. The van der Waals surface area contributed by atoms with E-state index >= 15 is 0 Å². The Kier molecular flexibility index (Phi) is 6.75. The highest BCUT2D eigenvalue weighted by Crippen LogP contribution is 2.30. The van der Waals surface area contributed by atoms with Crippen LogP contribution < -0.4 is 15.6 Å². The van der Waals surface area contributed by atoms with E-state index in [-0.39, 0.29) is 35.7 Å². The number of sulfonamides is 1. The Hall–Kier alpha value is -2.79. The van der Waals surface area contributed by atoms with Crippen LogP contribution in [0.5, 0.6) is 5.75 Å². The molecule has 1 aliphatic heterocycles. The molecule has 0 bridgehead atoms. The lowest BCUT2D eigenvalue weighted by Gasteiger charge is -2.11. The molecule has 3 heterocycles. The number of aryl methyl sites for hydroxylation is 2. The van der Waals surface area contributed by atoms with Gasteiger partial charge < -0.3 is 15.0 Å². The lowest BCUT2D eigenvalue weighted by atomic mass is 10.0. The van der Waals surface area contributed by atoms with Gasteiger partial charge in [0, 0.05) is 19.4 Å². The Labute approximate surface area is 180 Å². The van der Waals surface area contributed by atoms with Gasteiger partial charge in [-0.1, -0.05) is 19.9 Å². The van der Waals surface area contributed by atoms with Gasteiger partial charge in [0.15, 0.2) is 17.0 Å². The second-order valence-electron chi connectivity index (χ2n) is 7.11. The molecule has 0 saturated heterocycles. The number of rotatable bonds is 6. The van der Waals surface area contributed by atoms with Crippen molar-refractivity contribution in [2.45, 2.75) is 46.6 Å². The molecule has 0 spiro atoms. The van der Waals surface area contributed by atoms with Crippen molar-refractivity contribution >= 4 is 27.0 Å². The average Bonchev–Trinajstić information content (AvgIpc) is 3.28. The number of ether oxygens (including phenoxy) is 1. The second kappa shape index (κ2) is 9.15. The molecular formula is C20H27FN6O3S. The number of fused-ring (bicyclic) bond motifs is 2. The summed E-state index contributed by atoms with van der Waals surface area (Å²) < 4.78 is 43.7. The molecule has 9 nitrogen and oxygen atoms in total. The van der Waals surface area contributed by atoms with Crippen LogP contribution in [0.1, 0.15) is 42.8 Å². The summed E-state index contributed by atoms with van der Waals surface area (Å²) in [6.45, 7) is 6.92. The molecule has 0 unspecified atom stereocenters. The monoisotopic (exact) mass is 450 g/mol. The SMILES string of the molecule is CC.Cc1cc2c(cc1Cc1nc3c(N)nc(F)nc3n1CCCS(N)(=O)=O)OCC2. The maximum absolute atomic E-state index is 13.8. The normalized spacial score (nSPS) is 12.9. The first kappa shape index (κ1) is 22.9. The van der Waals surface area contributed by atoms with Gasteiger partial charge in [-0.25, -0.2) is 18.5 Å². The fraction of sp³-hybridized carbons (Fsp3) is 0.450. The standard InChI is InChI=1S/C18H21FN6O3S.C2H6/c1-10-7-11-3-5-28-13(11)8-12(10)9-14-22-15-16(20)23-18(19)24-17(15)25(14)4-2-6-29(21,26)27;1-2/h7-8H,2-6,9H2,1H3,(H2,20,23,24)(H2,21,26,27);1-2H3. The first-order valence-corrected chi connectivity index (χ1v) is 11.9. The van der Waals surface area contributed by atoms with E-state index in [1.807, 2.05) is 26.8 Å². The number of anilines is 1. The Morgan fingerprint density at radius 2 is 1.97 bits per heavy atom. The molecule has 168 valence electrons. The summed E-state index contributed by atoms with van der Waals surface area (Å²) in [5.74, 6) is 1.17. The molecule has 1 aromatic carbocycles. The van der Waals surface area contributed by atoms with Crippen molar-refractivity contribution in [2.24, 2.45) is 5.14 Å². The number of nitrogens with two attached hydrogens (primary N) is 2. The minimum Gasteiger partial charge on any atom is -0.493 e. The van der Waals surface area contributed by atoms with Crippen LogP contribution in [-0.2, 0) is 29.4 Å². The first-order chi connectivity index (χ1) is 14.7. The van der Waals surface area contributed by atoms with E-state index in [2.05, 4.69) is 21.0 Å². The van der Waals surface area contributed by atoms with Gasteiger partial charge in [0.05, 0.1) is 12.4 Å². The van der Waals surface area contributed by atoms with Crippen molar-refractivity contribution in [2.75, 3.05) is 18.1 Å². The van der Waals surface area contributed by atoms with Crippen LogP contribution in [0.3, 0.4) is 0 Å². The van der Waals surface area contributed by atoms with E-state index in [0.29, 0.717) is 18.9 Å². The predicted octanol–water partition coefficient (Wildman–Crippen LogP) is 2.09. The summed E-state index contributed by atoms with van der Waals surface area (Å²) >= 11 is 0. The van der Waals surface area contributed by atoms with Crippen LogP contribution in [0.15, 0.2) is 12.1 Å². The highest BCUT2D eigenvalue weighted by molar-refractivity contribution is 7.89. The Morgan fingerprint density at radius 1 is 1.23 bits per heavy atom. The fourth-order valence-corrected chi connectivity index (χ4v) is 4.12. The molecule has 31 heavy (non-hydrogen) atoms. The second-order valence-corrected chi connectivity index (χ2v) is 8.85. The van der Waals surface area contributed by atoms with Gasteiger partial charge in [-0.05, 0) is 36.1 Å². The number of nitrogens with zero attached hydrogens (tertiary/aromatic N) is 4. The number of primary sulfonamides is 1. The van der Waals surface area contributed by atoms with Gasteiger partial charge in [0.1, 0.15) is 11.6 Å². The molecule has 0 aliphatic carbocycles. The summed E-state index contributed by atoms with van der Waals surface area (Å²) in [5.41, 5.74) is 9.60. The van der Waals surface area contributed by atoms with Crippen LogP contribution in [0, 0.1) is 13.0 Å². The molecule has 1 aliphatic rings. The van der Waals surface area contributed by atoms with E-state index in [1.54, 1.807) is 4.57 Å². The van der Waals surface area contributed by atoms with E-state index in [0.717, 1.165) is 23.3 Å². The zero-order chi connectivity index (χ0) is 22.8. The van der Waals surface area contributed by atoms with Crippen LogP contribution in [0.2, 0.25) is 0 Å². The molecule has 4 rings (SSSR count). The number of imidazole rings is 1. The topological polar surface area (TPSA) is 139 Å². The van der Waals surface area contributed by atoms with Crippen LogP contribution in [0.25, 0.3) is 11.2 Å². The molecule has 3 aromatic rings. The number of aromatic nitrogens is 4. The molecule has 11 heteroatoms. The van der Waals surface area contributed by atoms with Crippen molar-refractivity contribution in [3.63, 3.8) is 0 Å². The lowest BCUT2D eigenvalue weighted by molar-refractivity contribution is 0.356. The Balaban J connectivity index is 0.00000132. The van der Waals surface area contributed by atoms with Gasteiger partial charge in [0.25, 0.3) is 0 Å². The highest BCUT2D eigenvalue weighted by Gasteiger charge is 2.20. The van der Waals surface area contributed by atoms with Gasteiger partial charge in [-0.3, -0.25) is 0 Å². The molecule has 4 N–H and O–H groups in total. The molecule has 0 radical (unpaired) electrons. The fourth-order valence-electron chi connectivity index (χ4n) is 3.58. The minimum atomic E-state index is -3.61. The van der Waals surface area contributed by atoms with Gasteiger partial charge in [-0.2, -0.15) is 14.4 Å². The van der Waals surface area contributed by atoms with E-state index in [4.69, 9.17) is 15.6 Å². The first-order valence-electron chi connectivity index (χ1n) is 10.1. The van der Waals surface area contributed by atoms with Crippen molar-refractivity contribution in [1.82, 2.24) is 19.5 Å². The van der Waals surface area contributed by atoms with E-state index < -0.39 is 16.1 Å². The maximum atomic E-state index is 13.8. The van der Waals surface area contributed by atoms with Crippen molar-refractivity contribution < 1.29 is 17.5 Å². The Bertz CT molecular complexity index is 1210. The highest BCUT2D eigenvalue weighted by atomic mass is 32.2. The Morgan fingerprint density at radius 3 is 2.68 bits per heavy atom. The third kappa shape index (κ3) is 5.10. The maximum Gasteiger partial charge on any atom is 0.312 e. The van der Waals surface area contributed by atoms with Crippen LogP contribution in [0.4, 0.5) is 10.2 Å². The summed E-state index contributed by atoms with van der Waals surface area (Å²) in [6.07, 6.45) is 0.578. The largest absolute Gasteiger partial charge is 0.493 e. The summed E-state index contributed by atoms with van der Waals surface area (Å²) in [5, 5.41) is 5.10. The number of benzene rings is 1. The van der Waals surface area contributed by atoms with E-state index in [1.165, 1.54) is 5.56 Å². The smallest absolute Gasteiger partial charge is 0.312 e. The lowest BCUT2D eigenvalue weighted by Crippen LogP contribution is -2.18. The van der Waals surface area contributed by atoms with Crippen LogP contribution in [-0.4, -0.2) is 40.3 Å². The zero-order valence-corrected chi connectivity index (χ0v) is 18.7. The third-order valence-electron chi connectivity index (χ3n) is 4.98. The third-order valence-corrected chi connectivity index (χ3v) is 5.84. The summed E-state index contributed by atoms with van der Waals surface area (Å²) in [4.78, 5) is 11.9. The van der Waals surface area contributed by atoms with Gasteiger partial charge in [0.2, 0.25) is 10.0 Å². The van der Waals surface area contributed by atoms with Crippen molar-refractivity contribution in [3.05, 3.63) is 40.7 Å². The van der Waals surface area contributed by atoms with Crippen molar-refractivity contribution in [3.8, 4) is 5.75 Å². The number of halogens is 1. The quantitative estimate of drug-likeness (QED) is 0.548. The molecule has 0 amide bonds. The number of nitrogen functional groups attached to an aromatic ring is 1. The number of hydrogen-bond acceptors (Lipinski definition) is 7.